The summed E-state index contributed by atoms with van der Waals surface area (Å²) in [7, 11) is 0. The maximum atomic E-state index is 5.39. The van der Waals surface area contributed by atoms with Crippen LogP contribution < -0.4 is 0 Å². The van der Waals surface area contributed by atoms with Crippen molar-refractivity contribution >= 4 is 86.3 Å². The van der Waals surface area contributed by atoms with Crippen LogP contribution in [0.15, 0.2) is 219 Å². The Bertz CT molecular complexity index is 3980. The summed E-state index contributed by atoms with van der Waals surface area (Å²) in [6.45, 7) is 0. The SMILES string of the molecule is c1ccc2cc(-c3c4ccccc4c(-c4ccc5ccccc5c4)c4cc(-c5ncc(-c6nc7ccccc7c7c6ccc6ccccc67)c6ccccc56)ccc34)ccc2c1. The Kier molecular flexibility index (Phi) is 7.64. The lowest BCUT2D eigenvalue weighted by Gasteiger charge is -2.20. The molecule has 0 radical (unpaired) electrons. The van der Waals surface area contributed by atoms with Crippen LogP contribution in [0.1, 0.15) is 0 Å². The molecule has 2 aromatic heterocycles. The number of fused-ring (bicyclic) bond motifs is 10. The number of pyridine rings is 2. The number of hydrogen-bond donors (Lipinski definition) is 0. The standard InChI is InChI=1S/C60H36N2/c1-3-16-40-33-42(27-25-37(40)13-1)56-47-20-8-9-21-48(47)57(43-28-26-38-14-2-4-17-41(38)34-43)53-35-44(30-31-49(53)56)59-50-22-10-7-19-46(50)54(36-61-59)60-52-32-29-39-15-5-6-18-45(39)58(52)51-23-11-12-24-55(51)62-60/h1-36H. The molecule has 2 heterocycles. The second-order valence-corrected chi connectivity index (χ2v) is 16.4. The third-order valence-corrected chi connectivity index (χ3v) is 13.0. The second-order valence-electron chi connectivity index (χ2n) is 16.4. The first-order chi connectivity index (χ1) is 30.7. The highest BCUT2D eigenvalue weighted by molar-refractivity contribution is 6.25. The molecule has 0 N–H and O–H groups in total. The van der Waals surface area contributed by atoms with E-state index in [-0.39, 0.29) is 0 Å². The fraction of sp³-hybridized carbons (Fsp3) is 0. The molecule has 0 saturated heterocycles. The van der Waals surface area contributed by atoms with Crippen molar-refractivity contribution in [2.75, 3.05) is 0 Å². The van der Waals surface area contributed by atoms with E-state index in [9.17, 15) is 0 Å². The summed E-state index contributed by atoms with van der Waals surface area (Å²) >= 11 is 0. The molecule has 11 aromatic carbocycles. The molecule has 2 heteroatoms. The fourth-order valence-corrected chi connectivity index (χ4v) is 10.2. The van der Waals surface area contributed by atoms with E-state index in [2.05, 4.69) is 219 Å². The zero-order valence-corrected chi connectivity index (χ0v) is 33.7. The molecule has 0 aliphatic carbocycles. The Hall–Kier alpha value is -8.20. The highest BCUT2D eigenvalue weighted by Crippen LogP contribution is 2.47. The van der Waals surface area contributed by atoms with Crippen LogP contribution >= 0.6 is 0 Å². The Morgan fingerprint density at radius 3 is 1.45 bits per heavy atom. The van der Waals surface area contributed by atoms with Crippen LogP contribution in [0.5, 0.6) is 0 Å². The molecule has 13 aromatic rings. The summed E-state index contributed by atoms with van der Waals surface area (Å²) in [5, 5.41) is 18.0. The van der Waals surface area contributed by atoms with Gasteiger partial charge in [0, 0.05) is 38.9 Å². The van der Waals surface area contributed by atoms with E-state index >= 15 is 0 Å². The van der Waals surface area contributed by atoms with E-state index in [0.29, 0.717) is 0 Å². The molecule has 13 rings (SSSR count). The van der Waals surface area contributed by atoms with Crippen LogP contribution in [-0.4, -0.2) is 9.97 Å². The summed E-state index contributed by atoms with van der Waals surface area (Å²) in [6, 6.07) is 77.3. The van der Waals surface area contributed by atoms with Gasteiger partial charge < -0.3 is 0 Å². The zero-order chi connectivity index (χ0) is 40.7. The minimum Gasteiger partial charge on any atom is -0.255 e. The van der Waals surface area contributed by atoms with Crippen molar-refractivity contribution in [2.45, 2.75) is 0 Å². The lowest BCUT2D eigenvalue weighted by atomic mass is 9.84. The number of hydrogen-bond acceptors (Lipinski definition) is 2. The lowest BCUT2D eigenvalue weighted by Crippen LogP contribution is -1.95. The van der Waals surface area contributed by atoms with Crippen molar-refractivity contribution in [1.29, 1.82) is 0 Å². The molecule has 0 bridgehead atoms. The quantitative estimate of drug-likeness (QED) is 0.131. The van der Waals surface area contributed by atoms with Crippen molar-refractivity contribution in [1.82, 2.24) is 9.97 Å². The van der Waals surface area contributed by atoms with Crippen molar-refractivity contribution in [3.05, 3.63) is 219 Å². The summed E-state index contributed by atoms with van der Waals surface area (Å²) in [5.41, 5.74) is 9.85. The maximum Gasteiger partial charge on any atom is 0.0810 e. The van der Waals surface area contributed by atoms with Gasteiger partial charge in [-0.1, -0.05) is 188 Å². The van der Waals surface area contributed by atoms with E-state index in [0.717, 1.165) is 49.6 Å². The predicted molar refractivity (Wildman–Crippen MR) is 264 cm³/mol. The maximum absolute atomic E-state index is 5.39. The molecule has 0 saturated carbocycles. The smallest absolute Gasteiger partial charge is 0.0810 e. The summed E-state index contributed by atoms with van der Waals surface area (Å²) in [5.74, 6) is 0. The summed E-state index contributed by atoms with van der Waals surface area (Å²) in [4.78, 5) is 10.8. The molecule has 2 nitrogen and oxygen atoms in total. The van der Waals surface area contributed by atoms with Gasteiger partial charge in [0.25, 0.3) is 0 Å². The molecule has 286 valence electrons. The highest BCUT2D eigenvalue weighted by atomic mass is 14.7. The minimum atomic E-state index is 0.948. The number of rotatable bonds is 4. The Balaban J connectivity index is 1.09. The van der Waals surface area contributed by atoms with E-state index in [1.54, 1.807) is 0 Å². The molecule has 0 atom stereocenters. The van der Waals surface area contributed by atoms with Gasteiger partial charge in [0.2, 0.25) is 0 Å². The van der Waals surface area contributed by atoms with Gasteiger partial charge in [-0.3, -0.25) is 4.98 Å². The highest BCUT2D eigenvalue weighted by Gasteiger charge is 2.21. The molecule has 0 aliphatic rings. The third kappa shape index (κ3) is 5.30. The predicted octanol–water partition coefficient (Wildman–Crippen LogP) is 16.4. The van der Waals surface area contributed by atoms with E-state index in [1.807, 2.05) is 0 Å². The Morgan fingerprint density at radius 1 is 0.274 bits per heavy atom. The van der Waals surface area contributed by atoms with E-state index in [4.69, 9.17) is 9.97 Å². The number of para-hydroxylation sites is 1. The zero-order valence-electron chi connectivity index (χ0n) is 33.7. The van der Waals surface area contributed by atoms with Crippen molar-refractivity contribution in [3.63, 3.8) is 0 Å². The van der Waals surface area contributed by atoms with Crippen LogP contribution in [-0.2, 0) is 0 Å². The van der Waals surface area contributed by atoms with Crippen molar-refractivity contribution < 1.29 is 0 Å². The molecule has 0 fully saturated rings. The van der Waals surface area contributed by atoms with Crippen LogP contribution in [0.2, 0.25) is 0 Å². The summed E-state index contributed by atoms with van der Waals surface area (Å²) in [6.07, 6.45) is 2.05. The van der Waals surface area contributed by atoms with E-state index in [1.165, 1.54) is 81.5 Å². The van der Waals surface area contributed by atoms with Crippen molar-refractivity contribution in [2.24, 2.45) is 0 Å². The molecule has 0 amide bonds. The van der Waals surface area contributed by atoms with Gasteiger partial charge >= 0.3 is 0 Å². The molecular weight excluding hydrogens is 749 g/mol. The average Bonchev–Trinajstić information content (AvgIpc) is 3.34. The molecule has 0 unspecified atom stereocenters. The Morgan fingerprint density at radius 2 is 0.758 bits per heavy atom. The first-order valence-corrected chi connectivity index (χ1v) is 21.3. The van der Waals surface area contributed by atoms with Crippen LogP contribution in [0, 0.1) is 0 Å². The minimum absolute atomic E-state index is 0.948. The summed E-state index contributed by atoms with van der Waals surface area (Å²) < 4.78 is 0. The Labute approximate surface area is 358 Å². The second kappa shape index (κ2) is 13.7. The molecule has 62 heavy (non-hydrogen) atoms. The monoisotopic (exact) mass is 784 g/mol. The van der Waals surface area contributed by atoms with Crippen LogP contribution in [0.4, 0.5) is 0 Å². The van der Waals surface area contributed by atoms with Crippen LogP contribution in [0.25, 0.3) is 131 Å². The van der Waals surface area contributed by atoms with Gasteiger partial charge in [-0.05, 0) is 106 Å². The van der Waals surface area contributed by atoms with Crippen LogP contribution in [0.3, 0.4) is 0 Å². The first kappa shape index (κ1) is 34.6. The van der Waals surface area contributed by atoms with E-state index < -0.39 is 0 Å². The lowest BCUT2D eigenvalue weighted by molar-refractivity contribution is 1.34. The molecular formula is C60H36N2. The van der Waals surface area contributed by atoms with Gasteiger partial charge in [-0.15, -0.1) is 0 Å². The van der Waals surface area contributed by atoms with Crippen molar-refractivity contribution in [3.8, 4) is 44.8 Å². The molecule has 0 aliphatic heterocycles. The number of aromatic nitrogens is 2. The number of benzene rings is 11. The van der Waals surface area contributed by atoms with Gasteiger partial charge in [-0.25, -0.2) is 4.98 Å². The third-order valence-electron chi connectivity index (χ3n) is 13.0. The average molecular weight is 785 g/mol. The van der Waals surface area contributed by atoms with Gasteiger partial charge in [0.1, 0.15) is 0 Å². The largest absolute Gasteiger partial charge is 0.255 e. The topological polar surface area (TPSA) is 25.8 Å². The van der Waals surface area contributed by atoms with Gasteiger partial charge in [-0.2, -0.15) is 0 Å². The first-order valence-electron chi connectivity index (χ1n) is 21.3. The normalized spacial score (nSPS) is 11.9. The molecule has 0 spiro atoms. The van der Waals surface area contributed by atoms with Gasteiger partial charge in [0.05, 0.1) is 16.9 Å². The van der Waals surface area contributed by atoms with Gasteiger partial charge in [0.15, 0.2) is 0 Å². The fourth-order valence-electron chi connectivity index (χ4n) is 10.2. The number of nitrogens with zero attached hydrogens (tertiary/aromatic N) is 2.